The van der Waals surface area contributed by atoms with Gasteiger partial charge in [0, 0.05) is 19.6 Å². The predicted octanol–water partition coefficient (Wildman–Crippen LogP) is 4.48. The van der Waals surface area contributed by atoms with Crippen molar-refractivity contribution in [2.75, 3.05) is 19.8 Å². The quantitative estimate of drug-likeness (QED) is 0.205. The topological polar surface area (TPSA) is 44.8 Å². The van der Waals surface area contributed by atoms with E-state index in [0.717, 1.165) is 32.1 Å². The van der Waals surface area contributed by atoms with Crippen LogP contribution < -0.4 is 0 Å². The smallest absolute Gasteiger partial charge is 0.305 e. The van der Waals surface area contributed by atoms with Gasteiger partial charge in [0.15, 0.2) is 6.29 Å². The minimum absolute atomic E-state index is 0.0661. The van der Waals surface area contributed by atoms with E-state index in [1.807, 2.05) is 19.9 Å². The summed E-state index contributed by atoms with van der Waals surface area (Å²) in [6.45, 7) is 9.96. The van der Waals surface area contributed by atoms with E-state index in [1.54, 1.807) is 0 Å². The first kappa shape index (κ1) is 21.1. The third-order valence-electron chi connectivity index (χ3n) is 3.43. The van der Waals surface area contributed by atoms with Crippen molar-refractivity contribution in [1.29, 1.82) is 0 Å². The maximum Gasteiger partial charge on any atom is 0.305 e. The number of carbonyl (C=O) groups is 1. The normalized spacial score (nSPS) is 13.0. The molecule has 0 aromatic heterocycles. The van der Waals surface area contributed by atoms with E-state index < -0.39 is 0 Å². The molecule has 0 aliphatic rings. The van der Waals surface area contributed by atoms with Gasteiger partial charge in [0.25, 0.3) is 0 Å². The summed E-state index contributed by atoms with van der Waals surface area (Å²) in [7, 11) is 0. The van der Waals surface area contributed by atoms with Crippen molar-refractivity contribution in [2.45, 2.75) is 72.5 Å². The Morgan fingerprint density at radius 2 is 1.73 bits per heavy atom. The van der Waals surface area contributed by atoms with E-state index in [4.69, 9.17) is 14.2 Å². The summed E-state index contributed by atoms with van der Waals surface area (Å²) in [6.07, 6.45) is 9.39. The molecule has 0 spiro atoms. The maximum atomic E-state index is 11.5. The molecule has 0 aromatic carbocycles. The lowest BCUT2D eigenvalue weighted by Gasteiger charge is -2.12. The Hall–Kier alpha value is -0.870. The Morgan fingerprint density at radius 3 is 2.32 bits per heavy atom. The van der Waals surface area contributed by atoms with Crippen LogP contribution in [0.4, 0.5) is 0 Å². The lowest BCUT2D eigenvalue weighted by atomic mass is 10.1. The number of rotatable bonds is 14. The molecule has 1 unspecified atom stereocenters. The van der Waals surface area contributed by atoms with E-state index in [-0.39, 0.29) is 12.3 Å². The van der Waals surface area contributed by atoms with E-state index >= 15 is 0 Å². The van der Waals surface area contributed by atoms with Crippen LogP contribution in [-0.2, 0) is 19.0 Å². The first-order valence-electron chi connectivity index (χ1n) is 8.69. The first-order valence-corrected chi connectivity index (χ1v) is 8.69. The van der Waals surface area contributed by atoms with Gasteiger partial charge in [0.05, 0.1) is 6.61 Å². The van der Waals surface area contributed by atoms with Crippen molar-refractivity contribution in [2.24, 2.45) is 5.92 Å². The summed E-state index contributed by atoms with van der Waals surface area (Å²) in [5.74, 6) is 0.390. The molecule has 0 radical (unpaired) electrons. The maximum absolute atomic E-state index is 11.5. The third kappa shape index (κ3) is 12.8. The van der Waals surface area contributed by atoms with Crippen LogP contribution >= 0.6 is 0 Å². The molecule has 4 nitrogen and oxygen atoms in total. The number of unbranched alkanes of at least 4 members (excludes halogenated alkanes) is 3. The van der Waals surface area contributed by atoms with Crippen LogP contribution in [0.1, 0.15) is 66.2 Å². The van der Waals surface area contributed by atoms with Gasteiger partial charge in [-0.2, -0.15) is 0 Å². The molecule has 1 atom stereocenters. The molecular weight excluding hydrogens is 280 g/mol. The van der Waals surface area contributed by atoms with Crippen molar-refractivity contribution < 1.29 is 19.0 Å². The van der Waals surface area contributed by atoms with Crippen LogP contribution in [-0.4, -0.2) is 32.1 Å². The molecule has 0 aliphatic heterocycles. The fraction of sp³-hybridized carbons (Fsp3) is 0.833. The van der Waals surface area contributed by atoms with Crippen molar-refractivity contribution in [3.63, 3.8) is 0 Å². The first-order chi connectivity index (χ1) is 10.6. The highest BCUT2D eigenvalue weighted by Crippen LogP contribution is 2.07. The predicted molar refractivity (Wildman–Crippen MR) is 89.7 cm³/mol. The highest BCUT2D eigenvalue weighted by atomic mass is 16.7. The molecule has 0 N–H and O–H groups in total. The number of ether oxygens (including phenoxy) is 3. The summed E-state index contributed by atoms with van der Waals surface area (Å²) in [5.41, 5.74) is 0. The van der Waals surface area contributed by atoms with E-state index in [1.165, 1.54) is 0 Å². The van der Waals surface area contributed by atoms with Crippen LogP contribution in [0.2, 0.25) is 0 Å². The van der Waals surface area contributed by atoms with Crippen molar-refractivity contribution >= 4 is 5.97 Å². The number of esters is 1. The van der Waals surface area contributed by atoms with Gasteiger partial charge in [-0.1, -0.05) is 32.8 Å². The Labute approximate surface area is 136 Å². The zero-order chi connectivity index (χ0) is 16.6. The minimum Gasteiger partial charge on any atom is -0.465 e. The number of hydrogen-bond acceptors (Lipinski definition) is 4. The molecular formula is C18H34O4. The number of allylic oxidation sites excluding steroid dienone is 1. The Morgan fingerprint density at radius 1 is 1.05 bits per heavy atom. The third-order valence-corrected chi connectivity index (χ3v) is 3.43. The van der Waals surface area contributed by atoms with Gasteiger partial charge in [-0.05, 0) is 45.1 Å². The fourth-order valence-corrected chi connectivity index (χ4v) is 1.83. The zero-order valence-corrected chi connectivity index (χ0v) is 14.8. The van der Waals surface area contributed by atoms with Crippen LogP contribution in [0.15, 0.2) is 12.2 Å². The average molecular weight is 314 g/mol. The molecule has 0 saturated heterocycles. The summed E-state index contributed by atoms with van der Waals surface area (Å²) < 4.78 is 16.1. The average Bonchev–Trinajstić information content (AvgIpc) is 2.51. The van der Waals surface area contributed by atoms with Crippen molar-refractivity contribution in [3.8, 4) is 0 Å². The SMILES string of the molecule is CCOC(/C=C\CCCCCC(=O)OCC(C)CC)OCC. The molecule has 0 amide bonds. The van der Waals surface area contributed by atoms with E-state index in [2.05, 4.69) is 19.9 Å². The van der Waals surface area contributed by atoms with Gasteiger partial charge in [0.1, 0.15) is 0 Å². The summed E-state index contributed by atoms with van der Waals surface area (Å²) in [5, 5.41) is 0. The standard InChI is InChI=1S/C18H34O4/c1-5-16(4)15-22-17(19)13-11-9-8-10-12-14-18(20-6-2)21-7-3/h12,14,16,18H,5-11,13,15H2,1-4H3/b14-12-. The largest absolute Gasteiger partial charge is 0.465 e. The van der Waals surface area contributed by atoms with Gasteiger partial charge in [-0.15, -0.1) is 0 Å². The fourth-order valence-electron chi connectivity index (χ4n) is 1.83. The summed E-state index contributed by atoms with van der Waals surface area (Å²) in [4.78, 5) is 11.5. The Kier molecular flexibility index (Phi) is 14.4. The summed E-state index contributed by atoms with van der Waals surface area (Å²) in [6, 6.07) is 0. The second-order valence-corrected chi connectivity index (χ2v) is 5.50. The van der Waals surface area contributed by atoms with Crippen LogP contribution in [0, 0.1) is 5.92 Å². The molecule has 0 heterocycles. The number of hydrogen-bond donors (Lipinski definition) is 0. The minimum atomic E-state index is -0.231. The van der Waals surface area contributed by atoms with E-state index in [9.17, 15) is 4.79 Å². The second-order valence-electron chi connectivity index (χ2n) is 5.50. The molecule has 0 bridgehead atoms. The molecule has 130 valence electrons. The van der Waals surface area contributed by atoms with Gasteiger partial charge >= 0.3 is 5.97 Å². The Bertz CT molecular complexity index is 283. The molecule has 0 fully saturated rings. The highest BCUT2D eigenvalue weighted by Gasteiger charge is 2.05. The zero-order valence-electron chi connectivity index (χ0n) is 14.8. The van der Waals surface area contributed by atoms with Crippen LogP contribution in [0.3, 0.4) is 0 Å². The van der Waals surface area contributed by atoms with Crippen LogP contribution in [0.25, 0.3) is 0 Å². The lowest BCUT2D eigenvalue weighted by Crippen LogP contribution is -2.14. The molecule has 0 rings (SSSR count). The van der Waals surface area contributed by atoms with Crippen molar-refractivity contribution in [1.82, 2.24) is 0 Å². The van der Waals surface area contributed by atoms with Crippen molar-refractivity contribution in [3.05, 3.63) is 12.2 Å². The lowest BCUT2D eigenvalue weighted by molar-refractivity contribution is -0.145. The number of carbonyl (C=O) groups excluding carboxylic acids is 1. The van der Waals surface area contributed by atoms with E-state index in [0.29, 0.717) is 32.2 Å². The second kappa shape index (κ2) is 15.0. The monoisotopic (exact) mass is 314 g/mol. The Balaban J connectivity index is 3.57. The van der Waals surface area contributed by atoms with Gasteiger partial charge in [-0.3, -0.25) is 4.79 Å². The molecule has 22 heavy (non-hydrogen) atoms. The van der Waals surface area contributed by atoms with Gasteiger partial charge < -0.3 is 14.2 Å². The highest BCUT2D eigenvalue weighted by molar-refractivity contribution is 5.69. The van der Waals surface area contributed by atoms with Gasteiger partial charge in [0.2, 0.25) is 0 Å². The van der Waals surface area contributed by atoms with Gasteiger partial charge in [-0.25, -0.2) is 0 Å². The molecule has 4 heteroatoms. The molecule has 0 saturated carbocycles. The summed E-state index contributed by atoms with van der Waals surface area (Å²) >= 11 is 0. The molecule has 0 aliphatic carbocycles. The van der Waals surface area contributed by atoms with Crippen LogP contribution in [0.5, 0.6) is 0 Å². The molecule has 0 aromatic rings.